The second kappa shape index (κ2) is 7.01. The van der Waals surface area contributed by atoms with Gasteiger partial charge in [-0.2, -0.15) is 0 Å². The van der Waals surface area contributed by atoms with Crippen LogP contribution in [0, 0.1) is 0 Å². The van der Waals surface area contributed by atoms with Crippen molar-refractivity contribution in [1.82, 2.24) is 24.3 Å². The first-order valence-electron chi connectivity index (χ1n) is 8.97. The molecule has 4 heterocycles. The molecule has 0 spiro atoms. The van der Waals surface area contributed by atoms with Gasteiger partial charge in [0.05, 0.1) is 25.0 Å². The minimum absolute atomic E-state index is 0.0543. The molecule has 1 N–H and O–H groups in total. The van der Waals surface area contributed by atoms with Crippen molar-refractivity contribution >= 4 is 5.91 Å². The third-order valence-corrected chi connectivity index (χ3v) is 5.28. The first-order chi connectivity index (χ1) is 12.2. The number of hydrogen-bond acceptors (Lipinski definition) is 4. The van der Waals surface area contributed by atoms with E-state index in [2.05, 4.69) is 19.8 Å². The predicted octanol–water partition coefficient (Wildman–Crippen LogP) is 0.799. The molecule has 1 atom stereocenters. The van der Waals surface area contributed by atoms with Crippen LogP contribution in [-0.4, -0.2) is 57.3 Å². The van der Waals surface area contributed by atoms with Crippen LogP contribution in [-0.2, 0) is 31.3 Å². The molecule has 0 aromatic carbocycles. The summed E-state index contributed by atoms with van der Waals surface area (Å²) < 4.78 is 9.62. The van der Waals surface area contributed by atoms with E-state index in [0.29, 0.717) is 18.3 Å². The van der Waals surface area contributed by atoms with Gasteiger partial charge < -0.3 is 19.2 Å². The summed E-state index contributed by atoms with van der Waals surface area (Å²) in [4.78, 5) is 19.4. The van der Waals surface area contributed by atoms with Crippen molar-refractivity contribution in [1.29, 1.82) is 0 Å². The molecule has 4 rings (SSSR count). The van der Waals surface area contributed by atoms with Crippen molar-refractivity contribution in [3.63, 3.8) is 0 Å². The minimum atomic E-state index is -0.0543. The first kappa shape index (κ1) is 16.4. The molecular weight excluding hydrogens is 318 g/mol. The fraction of sp³-hybridized carbons (Fsp3) is 0.556. The number of aromatic nitrogens is 3. The second-order valence-electron chi connectivity index (χ2n) is 6.81. The van der Waals surface area contributed by atoms with Crippen LogP contribution in [0.15, 0.2) is 24.5 Å². The highest BCUT2D eigenvalue weighted by Gasteiger charge is 2.26. The Labute approximate surface area is 147 Å². The average molecular weight is 343 g/mol. The van der Waals surface area contributed by atoms with Crippen LogP contribution in [0.2, 0.25) is 0 Å². The smallest absolute Gasteiger partial charge is 0.268 e. The van der Waals surface area contributed by atoms with E-state index in [9.17, 15) is 4.79 Å². The highest BCUT2D eigenvalue weighted by Crippen LogP contribution is 2.17. The minimum Gasteiger partial charge on any atom is -0.380 e. The number of nitrogens with one attached hydrogen (secondary N) is 1. The summed E-state index contributed by atoms with van der Waals surface area (Å²) in [6.07, 6.45) is 5.85. The third-order valence-electron chi connectivity index (χ3n) is 5.28. The molecule has 2 aromatic heterocycles. The van der Waals surface area contributed by atoms with Gasteiger partial charge in [-0.15, -0.1) is 0 Å². The molecule has 0 aliphatic carbocycles. The lowest BCUT2D eigenvalue weighted by atomic mass is 10.2. The molecule has 1 fully saturated rings. The Bertz CT molecular complexity index is 744. The Morgan fingerprint density at radius 1 is 1.40 bits per heavy atom. The van der Waals surface area contributed by atoms with Crippen LogP contribution in [0.3, 0.4) is 0 Å². The van der Waals surface area contributed by atoms with Gasteiger partial charge in [-0.3, -0.25) is 9.69 Å². The normalized spacial score (nSPS) is 21.1. The Kier molecular flexibility index (Phi) is 4.59. The number of carbonyl (C=O) groups is 1. The molecule has 2 aliphatic rings. The lowest BCUT2D eigenvalue weighted by molar-refractivity contribution is 0.0941. The van der Waals surface area contributed by atoms with Gasteiger partial charge in [0, 0.05) is 51.9 Å². The number of hydrogen-bond donors (Lipinski definition) is 1. The van der Waals surface area contributed by atoms with Gasteiger partial charge in [0.1, 0.15) is 11.5 Å². The molecule has 0 radical (unpaired) electrons. The van der Waals surface area contributed by atoms with Crippen LogP contribution < -0.4 is 5.32 Å². The summed E-state index contributed by atoms with van der Waals surface area (Å²) >= 11 is 0. The molecule has 0 saturated carbocycles. The van der Waals surface area contributed by atoms with E-state index in [1.54, 1.807) is 0 Å². The average Bonchev–Trinajstić information content (AvgIpc) is 3.33. The van der Waals surface area contributed by atoms with Crippen LogP contribution in [0.4, 0.5) is 0 Å². The molecule has 2 aliphatic heterocycles. The highest BCUT2D eigenvalue weighted by molar-refractivity contribution is 5.92. The van der Waals surface area contributed by atoms with Crippen molar-refractivity contribution in [3.05, 3.63) is 41.7 Å². The second-order valence-corrected chi connectivity index (χ2v) is 6.81. The summed E-state index contributed by atoms with van der Waals surface area (Å²) in [7, 11) is 1.88. The molecule has 7 heteroatoms. The van der Waals surface area contributed by atoms with E-state index in [1.165, 1.54) is 0 Å². The molecule has 0 bridgehead atoms. The number of fused-ring (bicyclic) bond motifs is 1. The standard InChI is InChI=1S/C18H25N5O2/c1-21-6-2-3-16(21)18(24)20-12-15-11-19-17-4-7-22(8-9-23(15)17)14-5-10-25-13-14/h2-3,6,11,14H,4-5,7-10,12-13H2,1H3,(H,20,24)/t14-/m1/s1. The van der Waals surface area contributed by atoms with Crippen LogP contribution >= 0.6 is 0 Å². The van der Waals surface area contributed by atoms with Crippen molar-refractivity contribution in [2.24, 2.45) is 7.05 Å². The van der Waals surface area contributed by atoms with Gasteiger partial charge in [0.25, 0.3) is 5.91 Å². The zero-order chi connectivity index (χ0) is 17.2. The molecule has 25 heavy (non-hydrogen) atoms. The van der Waals surface area contributed by atoms with Gasteiger partial charge in [0.15, 0.2) is 0 Å². The van der Waals surface area contributed by atoms with Crippen LogP contribution in [0.25, 0.3) is 0 Å². The van der Waals surface area contributed by atoms with Gasteiger partial charge in [0.2, 0.25) is 0 Å². The maximum Gasteiger partial charge on any atom is 0.268 e. The fourth-order valence-electron chi connectivity index (χ4n) is 3.78. The Balaban J connectivity index is 1.40. The van der Waals surface area contributed by atoms with Gasteiger partial charge in [-0.1, -0.05) is 0 Å². The molecule has 1 amide bonds. The Morgan fingerprint density at radius 2 is 2.32 bits per heavy atom. The van der Waals surface area contributed by atoms with Crippen molar-refractivity contribution in [2.45, 2.75) is 32.0 Å². The van der Waals surface area contributed by atoms with Gasteiger partial charge in [-0.25, -0.2) is 4.98 Å². The van der Waals surface area contributed by atoms with Gasteiger partial charge in [-0.05, 0) is 18.6 Å². The summed E-state index contributed by atoms with van der Waals surface area (Å²) in [6, 6.07) is 4.25. The maximum atomic E-state index is 12.3. The molecule has 1 saturated heterocycles. The van der Waals surface area contributed by atoms with Crippen molar-refractivity contribution < 1.29 is 9.53 Å². The van der Waals surface area contributed by atoms with Gasteiger partial charge >= 0.3 is 0 Å². The predicted molar refractivity (Wildman–Crippen MR) is 93.3 cm³/mol. The molecular formula is C18H25N5O2. The summed E-state index contributed by atoms with van der Waals surface area (Å²) in [6.45, 7) is 5.19. The van der Waals surface area contributed by atoms with E-state index < -0.39 is 0 Å². The first-order valence-corrected chi connectivity index (χ1v) is 8.97. The number of ether oxygens (including phenoxy) is 1. The van der Waals surface area contributed by atoms with Crippen LogP contribution in [0.1, 0.15) is 28.4 Å². The number of imidazole rings is 1. The quantitative estimate of drug-likeness (QED) is 0.892. The summed E-state index contributed by atoms with van der Waals surface area (Å²) in [5, 5.41) is 3.01. The number of aryl methyl sites for hydroxylation is 1. The highest BCUT2D eigenvalue weighted by atomic mass is 16.5. The molecule has 0 unspecified atom stereocenters. The Hall–Kier alpha value is -2.12. The van der Waals surface area contributed by atoms with E-state index in [1.807, 2.05) is 36.1 Å². The Morgan fingerprint density at radius 3 is 3.08 bits per heavy atom. The topological polar surface area (TPSA) is 64.3 Å². The van der Waals surface area contributed by atoms with E-state index in [0.717, 1.165) is 57.2 Å². The number of carbonyl (C=O) groups excluding carboxylic acids is 1. The van der Waals surface area contributed by atoms with Crippen molar-refractivity contribution in [2.75, 3.05) is 26.3 Å². The largest absolute Gasteiger partial charge is 0.380 e. The molecule has 7 nitrogen and oxygen atoms in total. The van der Waals surface area contributed by atoms with E-state index in [-0.39, 0.29) is 5.91 Å². The number of rotatable bonds is 4. The zero-order valence-corrected chi connectivity index (χ0v) is 14.6. The molecule has 134 valence electrons. The third kappa shape index (κ3) is 3.34. The zero-order valence-electron chi connectivity index (χ0n) is 14.6. The number of amides is 1. The van der Waals surface area contributed by atoms with Crippen molar-refractivity contribution in [3.8, 4) is 0 Å². The lowest BCUT2D eigenvalue weighted by Gasteiger charge is -2.25. The summed E-state index contributed by atoms with van der Waals surface area (Å²) in [5.74, 6) is 1.06. The van der Waals surface area contributed by atoms with E-state index >= 15 is 0 Å². The lowest BCUT2D eigenvalue weighted by Crippen LogP contribution is -2.37. The maximum absolute atomic E-state index is 12.3. The SMILES string of the molecule is Cn1cccc1C(=O)NCc1cnc2n1CCN([C@@H]1CCOC1)CC2. The molecule has 2 aromatic rings. The van der Waals surface area contributed by atoms with E-state index in [4.69, 9.17) is 4.74 Å². The fourth-order valence-corrected chi connectivity index (χ4v) is 3.78. The monoisotopic (exact) mass is 343 g/mol. The van der Waals surface area contributed by atoms with Crippen LogP contribution in [0.5, 0.6) is 0 Å². The number of nitrogens with zero attached hydrogens (tertiary/aromatic N) is 4. The summed E-state index contributed by atoms with van der Waals surface area (Å²) in [5.41, 5.74) is 1.74.